The number of nitrogens with zero attached hydrogens (tertiary/aromatic N) is 1. The molecule has 0 saturated heterocycles. The van der Waals surface area contributed by atoms with Crippen molar-refractivity contribution in [1.82, 2.24) is 10.6 Å². The van der Waals surface area contributed by atoms with Crippen LogP contribution in [0.1, 0.15) is 31.7 Å². The monoisotopic (exact) mass is 283 g/mol. The summed E-state index contributed by atoms with van der Waals surface area (Å²) in [6.07, 6.45) is 4.02. The molecule has 0 atom stereocenters. The van der Waals surface area contributed by atoms with E-state index in [-0.39, 0.29) is 0 Å². The lowest BCUT2D eigenvalue weighted by Gasteiger charge is -2.11. The highest BCUT2D eigenvalue weighted by Gasteiger charge is 2.01. The summed E-state index contributed by atoms with van der Waals surface area (Å²) in [4.78, 5) is 4.10. The van der Waals surface area contributed by atoms with E-state index in [4.69, 9.17) is 0 Å². The number of hydrogen-bond acceptors (Lipinski definition) is 1. The van der Waals surface area contributed by atoms with Gasteiger partial charge in [0.25, 0.3) is 0 Å². The van der Waals surface area contributed by atoms with Gasteiger partial charge in [0, 0.05) is 26.2 Å². The molecule has 0 saturated carbocycles. The second kappa shape index (κ2) is 9.28. The molecule has 0 aliphatic rings. The summed E-state index contributed by atoms with van der Waals surface area (Å²) >= 11 is 0. The average molecular weight is 283 g/mol. The predicted octanol–water partition coefficient (Wildman–Crippen LogP) is 2.86. The van der Waals surface area contributed by atoms with Gasteiger partial charge in [-0.3, -0.25) is 4.99 Å². The molecule has 2 N–H and O–H groups in total. The maximum Gasteiger partial charge on any atom is 0.190 e. The Morgan fingerprint density at radius 2 is 1.70 bits per heavy atom. The molecule has 112 valence electrons. The highest BCUT2D eigenvalue weighted by atomic mass is 19.1. The van der Waals surface area contributed by atoms with E-state index in [1.807, 2.05) is 0 Å². The standard InChI is InChI=1S/C15H23F2N3/c1-3-4-5-7-19-15(18-2)20-8-6-12-9-13(16)11-14(17)10-12/h9-11H,3-8H2,1-2H3,(H2,18,19,20). The fourth-order valence-electron chi connectivity index (χ4n) is 1.88. The second-order valence-corrected chi connectivity index (χ2v) is 4.66. The van der Waals surface area contributed by atoms with E-state index in [9.17, 15) is 8.78 Å². The third kappa shape index (κ3) is 6.50. The van der Waals surface area contributed by atoms with Crippen molar-refractivity contribution in [2.45, 2.75) is 32.6 Å². The number of aliphatic imine (C=N–C) groups is 1. The summed E-state index contributed by atoms with van der Waals surface area (Å²) in [5, 5.41) is 6.33. The van der Waals surface area contributed by atoms with Crippen LogP contribution in [0.15, 0.2) is 23.2 Å². The lowest BCUT2D eigenvalue weighted by molar-refractivity contribution is 0.579. The zero-order valence-corrected chi connectivity index (χ0v) is 12.2. The van der Waals surface area contributed by atoms with Gasteiger partial charge >= 0.3 is 0 Å². The lowest BCUT2D eigenvalue weighted by atomic mass is 10.1. The number of guanidine groups is 1. The predicted molar refractivity (Wildman–Crippen MR) is 79.0 cm³/mol. The molecular weight excluding hydrogens is 260 g/mol. The first kappa shape index (κ1) is 16.4. The fraction of sp³-hybridized carbons (Fsp3) is 0.533. The molecule has 0 bridgehead atoms. The number of unbranched alkanes of at least 4 members (excludes halogenated alkanes) is 2. The van der Waals surface area contributed by atoms with Gasteiger partial charge in [0.1, 0.15) is 11.6 Å². The van der Waals surface area contributed by atoms with Crippen molar-refractivity contribution in [3.63, 3.8) is 0 Å². The highest BCUT2D eigenvalue weighted by molar-refractivity contribution is 5.79. The van der Waals surface area contributed by atoms with Gasteiger partial charge in [0.15, 0.2) is 5.96 Å². The van der Waals surface area contributed by atoms with E-state index in [0.717, 1.165) is 25.0 Å². The summed E-state index contributed by atoms with van der Waals surface area (Å²) in [6, 6.07) is 3.58. The van der Waals surface area contributed by atoms with Gasteiger partial charge in [0.2, 0.25) is 0 Å². The maximum atomic E-state index is 13.0. The Kier molecular flexibility index (Phi) is 7.62. The van der Waals surface area contributed by atoms with Gasteiger partial charge in [-0.25, -0.2) is 8.78 Å². The number of nitrogens with one attached hydrogen (secondary N) is 2. The Balaban J connectivity index is 2.30. The van der Waals surface area contributed by atoms with E-state index >= 15 is 0 Å². The molecule has 0 spiro atoms. The molecule has 1 aromatic rings. The second-order valence-electron chi connectivity index (χ2n) is 4.66. The molecule has 20 heavy (non-hydrogen) atoms. The third-order valence-electron chi connectivity index (χ3n) is 2.92. The van der Waals surface area contributed by atoms with Crippen LogP contribution in [0, 0.1) is 11.6 Å². The topological polar surface area (TPSA) is 36.4 Å². The summed E-state index contributed by atoms with van der Waals surface area (Å²) < 4.78 is 26.0. The van der Waals surface area contributed by atoms with E-state index < -0.39 is 11.6 Å². The van der Waals surface area contributed by atoms with Crippen LogP contribution < -0.4 is 10.6 Å². The van der Waals surface area contributed by atoms with Crippen molar-refractivity contribution in [3.05, 3.63) is 35.4 Å². The molecule has 0 heterocycles. The fourth-order valence-corrected chi connectivity index (χ4v) is 1.88. The van der Waals surface area contributed by atoms with Crippen LogP contribution in [0.5, 0.6) is 0 Å². The van der Waals surface area contributed by atoms with Crippen LogP contribution in [-0.4, -0.2) is 26.1 Å². The molecular formula is C15H23F2N3. The Bertz CT molecular complexity index is 413. The van der Waals surface area contributed by atoms with Gasteiger partial charge < -0.3 is 10.6 Å². The van der Waals surface area contributed by atoms with Crippen molar-refractivity contribution < 1.29 is 8.78 Å². The first-order chi connectivity index (χ1) is 9.65. The number of benzene rings is 1. The zero-order valence-electron chi connectivity index (χ0n) is 12.2. The van der Waals surface area contributed by atoms with Gasteiger partial charge in [-0.15, -0.1) is 0 Å². The Morgan fingerprint density at radius 1 is 1.05 bits per heavy atom. The van der Waals surface area contributed by atoms with Crippen molar-refractivity contribution in [3.8, 4) is 0 Å². The van der Waals surface area contributed by atoms with Crippen LogP contribution in [0.4, 0.5) is 8.78 Å². The Hall–Kier alpha value is -1.65. The van der Waals surface area contributed by atoms with Gasteiger partial charge in [-0.05, 0) is 30.5 Å². The van der Waals surface area contributed by atoms with E-state index in [2.05, 4.69) is 22.5 Å². The first-order valence-electron chi connectivity index (χ1n) is 7.05. The summed E-state index contributed by atoms with van der Waals surface area (Å²) in [5.74, 6) is -0.359. The summed E-state index contributed by atoms with van der Waals surface area (Å²) in [6.45, 7) is 3.61. The van der Waals surface area contributed by atoms with Crippen LogP contribution in [0.25, 0.3) is 0 Å². The van der Waals surface area contributed by atoms with Gasteiger partial charge in [0.05, 0.1) is 0 Å². The number of hydrogen-bond donors (Lipinski definition) is 2. The van der Waals surface area contributed by atoms with E-state index in [1.54, 1.807) is 7.05 Å². The first-order valence-corrected chi connectivity index (χ1v) is 7.05. The van der Waals surface area contributed by atoms with Crippen LogP contribution in [-0.2, 0) is 6.42 Å². The molecule has 1 aromatic carbocycles. The van der Waals surface area contributed by atoms with Gasteiger partial charge in [-0.1, -0.05) is 19.8 Å². The summed E-state index contributed by atoms with van der Waals surface area (Å²) in [7, 11) is 1.71. The van der Waals surface area contributed by atoms with Crippen molar-refractivity contribution in [1.29, 1.82) is 0 Å². The highest BCUT2D eigenvalue weighted by Crippen LogP contribution is 2.07. The molecule has 0 aliphatic heterocycles. The molecule has 0 fully saturated rings. The molecule has 0 radical (unpaired) electrons. The van der Waals surface area contributed by atoms with Crippen LogP contribution >= 0.6 is 0 Å². The molecule has 0 unspecified atom stereocenters. The molecule has 0 amide bonds. The van der Waals surface area contributed by atoms with Crippen molar-refractivity contribution in [2.75, 3.05) is 20.1 Å². The minimum absolute atomic E-state index is 0.540. The molecule has 1 rings (SSSR count). The number of rotatable bonds is 7. The van der Waals surface area contributed by atoms with Crippen LogP contribution in [0.2, 0.25) is 0 Å². The smallest absolute Gasteiger partial charge is 0.190 e. The average Bonchev–Trinajstić information content (AvgIpc) is 2.40. The molecule has 0 aliphatic carbocycles. The summed E-state index contributed by atoms with van der Waals surface area (Å²) in [5.41, 5.74) is 0.636. The normalized spacial score (nSPS) is 11.5. The van der Waals surface area contributed by atoms with Crippen molar-refractivity contribution >= 4 is 5.96 Å². The zero-order chi connectivity index (χ0) is 14.8. The van der Waals surface area contributed by atoms with E-state index in [0.29, 0.717) is 18.5 Å². The largest absolute Gasteiger partial charge is 0.356 e. The quantitative estimate of drug-likeness (QED) is 0.458. The maximum absolute atomic E-state index is 13.0. The minimum atomic E-state index is -0.540. The Labute approximate surface area is 119 Å². The van der Waals surface area contributed by atoms with Crippen LogP contribution in [0.3, 0.4) is 0 Å². The number of halogens is 2. The lowest BCUT2D eigenvalue weighted by Crippen LogP contribution is -2.38. The third-order valence-corrected chi connectivity index (χ3v) is 2.92. The molecule has 0 aromatic heterocycles. The minimum Gasteiger partial charge on any atom is -0.356 e. The molecule has 5 heteroatoms. The Morgan fingerprint density at radius 3 is 2.30 bits per heavy atom. The van der Waals surface area contributed by atoms with E-state index in [1.165, 1.54) is 25.0 Å². The van der Waals surface area contributed by atoms with Crippen molar-refractivity contribution in [2.24, 2.45) is 4.99 Å². The van der Waals surface area contributed by atoms with Gasteiger partial charge in [-0.2, -0.15) is 0 Å². The molecule has 3 nitrogen and oxygen atoms in total. The SMILES string of the molecule is CCCCCNC(=NC)NCCc1cc(F)cc(F)c1.